The summed E-state index contributed by atoms with van der Waals surface area (Å²) in [6, 6.07) is 11.6. The largest absolute Gasteiger partial charge is 0.351 e. The van der Waals surface area contributed by atoms with Crippen LogP contribution in [0.3, 0.4) is 0 Å². The molecule has 160 valence electrons. The second-order valence-corrected chi connectivity index (χ2v) is 9.94. The molecular formula is C23H27ClN2O3S. The number of aryl methyl sites for hydroxylation is 2. The summed E-state index contributed by atoms with van der Waals surface area (Å²) in [5, 5.41) is 3.28. The average Bonchev–Trinajstić information content (AvgIpc) is 2.73. The molecule has 1 aliphatic carbocycles. The number of allylic oxidation sites excluding steroid dienone is 1. The highest BCUT2D eigenvalue weighted by Gasteiger charge is 2.28. The van der Waals surface area contributed by atoms with Gasteiger partial charge in [-0.2, -0.15) is 0 Å². The molecule has 7 heteroatoms. The van der Waals surface area contributed by atoms with Crippen molar-refractivity contribution in [3.8, 4) is 0 Å². The van der Waals surface area contributed by atoms with Gasteiger partial charge in [0.25, 0.3) is 10.0 Å². The first-order chi connectivity index (χ1) is 14.3. The number of amides is 1. The van der Waals surface area contributed by atoms with E-state index < -0.39 is 10.0 Å². The van der Waals surface area contributed by atoms with Gasteiger partial charge in [0.15, 0.2) is 0 Å². The Kier molecular flexibility index (Phi) is 7.21. The van der Waals surface area contributed by atoms with Gasteiger partial charge in [0.05, 0.1) is 10.6 Å². The van der Waals surface area contributed by atoms with Crippen molar-refractivity contribution in [3.05, 3.63) is 70.3 Å². The molecule has 0 bridgehead atoms. The van der Waals surface area contributed by atoms with Gasteiger partial charge < -0.3 is 5.32 Å². The van der Waals surface area contributed by atoms with Crippen LogP contribution < -0.4 is 9.62 Å². The zero-order valence-corrected chi connectivity index (χ0v) is 18.9. The van der Waals surface area contributed by atoms with Gasteiger partial charge in [-0.1, -0.05) is 47.0 Å². The van der Waals surface area contributed by atoms with Gasteiger partial charge in [0.2, 0.25) is 5.91 Å². The summed E-state index contributed by atoms with van der Waals surface area (Å²) in [5.41, 5.74) is 3.27. The smallest absolute Gasteiger partial charge is 0.264 e. The fraction of sp³-hybridized carbons (Fsp3) is 0.348. The molecule has 0 unspecified atom stereocenters. The zero-order valence-electron chi connectivity index (χ0n) is 17.3. The first kappa shape index (κ1) is 22.4. The Bertz CT molecular complexity index is 1050. The van der Waals surface area contributed by atoms with E-state index in [9.17, 15) is 13.2 Å². The molecule has 1 aliphatic rings. The molecule has 2 aromatic rings. The maximum absolute atomic E-state index is 13.4. The lowest BCUT2D eigenvalue weighted by Crippen LogP contribution is -2.41. The van der Waals surface area contributed by atoms with Crippen LogP contribution in [0.15, 0.2) is 59.0 Å². The van der Waals surface area contributed by atoms with E-state index in [4.69, 9.17) is 11.6 Å². The molecule has 30 heavy (non-hydrogen) atoms. The lowest BCUT2D eigenvalue weighted by atomic mass is 10.00. The number of anilines is 1. The third-order valence-corrected chi connectivity index (χ3v) is 7.24. The molecule has 0 spiro atoms. The number of nitrogens with zero attached hydrogens (tertiary/aromatic N) is 1. The Morgan fingerprint density at radius 3 is 2.50 bits per heavy atom. The van der Waals surface area contributed by atoms with E-state index in [1.54, 1.807) is 49.4 Å². The van der Waals surface area contributed by atoms with Crippen molar-refractivity contribution in [3.63, 3.8) is 0 Å². The number of hydrogen-bond donors (Lipinski definition) is 1. The summed E-state index contributed by atoms with van der Waals surface area (Å²) in [6.07, 6.45) is 6.46. The highest BCUT2D eigenvalue weighted by Crippen LogP contribution is 2.29. The van der Waals surface area contributed by atoms with Gasteiger partial charge in [0.1, 0.15) is 6.54 Å². The maximum atomic E-state index is 13.4. The van der Waals surface area contributed by atoms with Crippen molar-refractivity contribution in [2.45, 2.75) is 44.4 Å². The normalized spacial score (nSPS) is 14.2. The van der Waals surface area contributed by atoms with Crippen LogP contribution in [0.25, 0.3) is 0 Å². The van der Waals surface area contributed by atoms with Crippen LogP contribution in [0.4, 0.5) is 5.69 Å². The van der Waals surface area contributed by atoms with E-state index in [-0.39, 0.29) is 17.3 Å². The monoisotopic (exact) mass is 446 g/mol. The first-order valence-electron chi connectivity index (χ1n) is 10.1. The number of carbonyl (C=O) groups excluding carboxylic acids is 1. The highest BCUT2D eigenvalue weighted by molar-refractivity contribution is 7.92. The van der Waals surface area contributed by atoms with Crippen LogP contribution >= 0.6 is 11.6 Å². The molecule has 2 aromatic carbocycles. The first-order valence-corrected chi connectivity index (χ1v) is 11.9. The summed E-state index contributed by atoms with van der Waals surface area (Å²) in [4.78, 5) is 12.9. The van der Waals surface area contributed by atoms with Gasteiger partial charge in [-0.25, -0.2) is 8.42 Å². The zero-order chi connectivity index (χ0) is 21.7. The van der Waals surface area contributed by atoms with Gasteiger partial charge in [0, 0.05) is 11.6 Å². The number of nitrogens with one attached hydrogen (secondary N) is 1. The third-order valence-electron chi connectivity index (χ3n) is 5.23. The molecule has 5 nitrogen and oxygen atoms in total. The average molecular weight is 447 g/mol. The van der Waals surface area contributed by atoms with Gasteiger partial charge in [-0.3, -0.25) is 9.10 Å². The van der Waals surface area contributed by atoms with Gasteiger partial charge in [-0.05, 0) is 69.4 Å². The van der Waals surface area contributed by atoms with Crippen molar-refractivity contribution in [1.29, 1.82) is 0 Å². The Hall–Kier alpha value is -2.31. The standard InChI is InChI=1S/C23H27ClN2O3S/c1-17-8-12-21(13-9-17)30(28,29)26(22-14-20(24)11-10-18(22)2)16-23(27)25-15-19-6-4-3-5-7-19/h6,8-14H,3-5,7,15-16H2,1-2H3,(H,25,27). The van der Waals surface area contributed by atoms with E-state index in [0.717, 1.165) is 34.7 Å². The lowest BCUT2D eigenvalue weighted by Gasteiger charge is -2.26. The molecule has 0 saturated heterocycles. The Labute approximate surface area is 183 Å². The minimum Gasteiger partial charge on any atom is -0.351 e. The second kappa shape index (κ2) is 9.67. The van der Waals surface area contributed by atoms with Gasteiger partial charge in [-0.15, -0.1) is 0 Å². The SMILES string of the molecule is Cc1ccc(S(=O)(=O)N(CC(=O)NCC2=CCCCC2)c2cc(Cl)ccc2C)cc1. The Balaban J connectivity index is 1.89. The van der Waals surface area contributed by atoms with Crippen molar-refractivity contribution >= 4 is 33.2 Å². The van der Waals surface area contributed by atoms with Crippen LogP contribution in [-0.4, -0.2) is 27.4 Å². The summed E-state index contributed by atoms with van der Waals surface area (Å²) in [6.45, 7) is 3.83. The third kappa shape index (κ3) is 5.43. The quantitative estimate of drug-likeness (QED) is 0.623. The number of rotatable bonds is 7. The van der Waals surface area contributed by atoms with Crippen LogP contribution in [0.1, 0.15) is 36.8 Å². The Morgan fingerprint density at radius 1 is 1.10 bits per heavy atom. The molecule has 3 rings (SSSR count). The van der Waals surface area contributed by atoms with Crippen LogP contribution in [0, 0.1) is 13.8 Å². The summed E-state index contributed by atoms with van der Waals surface area (Å²) in [5.74, 6) is -0.350. The van der Waals surface area contributed by atoms with Gasteiger partial charge >= 0.3 is 0 Å². The molecule has 0 heterocycles. The van der Waals surface area contributed by atoms with Crippen LogP contribution in [-0.2, 0) is 14.8 Å². The number of benzene rings is 2. The van der Waals surface area contributed by atoms with Crippen molar-refractivity contribution in [2.24, 2.45) is 0 Å². The molecule has 0 radical (unpaired) electrons. The highest BCUT2D eigenvalue weighted by atomic mass is 35.5. The Morgan fingerprint density at radius 2 is 1.83 bits per heavy atom. The van der Waals surface area contributed by atoms with E-state index in [1.807, 2.05) is 6.92 Å². The molecule has 0 saturated carbocycles. The number of halogens is 1. The molecular weight excluding hydrogens is 420 g/mol. The van der Waals surface area contributed by atoms with Crippen molar-refractivity contribution < 1.29 is 13.2 Å². The van der Waals surface area contributed by atoms with E-state index in [1.165, 1.54) is 12.0 Å². The maximum Gasteiger partial charge on any atom is 0.264 e. The summed E-state index contributed by atoms with van der Waals surface area (Å²) >= 11 is 6.15. The molecule has 0 aliphatic heterocycles. The minimum absolute atomic E-state index is 0.135. The number of sulfonamides is 1. The number of hydrogen-bond acceptors (Lipinski definition) is 3. The van der Waals surface area contributed by atoms with Crippen LogP contribution in [0.5, 0.6) is 0 Å². The van der Waals surface area contributed by atoms with E-state index >= 15 is 0 Å². The molecule has 1 N–H and O–H groups in total. The minimum atomic E-state index is -3.95. The fourth-order valence-electron chi connectivity index (χ4n) is 3.45. The topological polar surface area (TPSA) is 66.5 Å². The molecule has 0 fully saturated rings. The van der Waals surface area contributed by atoms with Crippen molar-refractivity contribution in [2.75, 3.05) is 17.4 Å². The van der Waals surface area contributed by atoms with Crippen molar-refractivity contribution in [1.82, 2.24) is 5.32 Å². The molecule has 0 atom stereocenters. The summed E-state index contributed by atoms with van der Waals surface area (Å²) < 4.78 is 28.0. The van der Waals surface area contributed by atoms with Crippen LogP contribution in [0.2, 0.25) is 5.02 Å². The molecule has 0 aromatic heterocycles. The summed E-state index contributed by atoms with van der Waals surface area (Å²) in [7, 11) is -3.95. The predicted octanol–water partition coefficient (Wildman–Crippen LogP) is 4.77. The predicted molar refractivity (Wildman–Crippen MR) is 121 cm³/mol. The van der Waals surface area contributed by atoms with E-state index in [0.29, 0.717) is 17.3 Å². The lowest BCUT2D eigenvalue weighted by molar-refractivity contribution is -0.119. The second-order valence-electron chi connectivity index (χ2n) is 7.64. The fourth-order valence-corrected chi connectivity index (χ4v) is 5.10. The number of carbonyl (C=O) groups is 1. The van der Waals surface area contributed by atoms with E-state index in [2.05, 4.69) is 11.4 Å². The molecule has 1 amide bonds.